The van der Waals surface area contributed by atoms with Crippen molar-refractivity contribution in [3.05, 3.63) is 77.3 Å². The van der Waals surface area contributed by atoms with E-state index in [2.05, 4.69) is 0 Å². The first-order valence-corrected chi connectivity index (χ1v) is 12.2. The Morgan fingerprint density at radius 3 is 2.42 bits per heavy atom. The number of nitrogens with zero attached hydrogens (tertiary/aromatic N) is 1. The van der Waals surface area contributed by atoms with Crippen molar-refractivity contribution in [1.82, 2.24) is 0 Å². The van der Waals surface area contributed by atoms with Gasteiger partial charge < -0.3 is 9.52 Å². The van der Waals surface area contributed by atoms with E-state index in [1.54, 1.807) is 18.2 Å². The van der Waals surface area contributed by atoms with Gasteiger partial charge in [-0.2, -0.15) is 0 Å². The van der Waals surface area contributed by atoms with Crippen molar-refractivity contribution in [1.29, 1.82) is 0 Å². The van der Waals surface area contributed by atoms with Crippen LogP contribution in [0.5, 0.6) is 0 Å². The predicted molar refractivity (Wildman–Crippen MR) is 132 cm³/mol. The molecule has 8 heteroatoms. The third-order valence-electron chi connectivity index (χ3n) is 5.71. The van der Waals surface area contributed by atoms with Crippen molar-refractivity contribution in [3.8, 4) is 0 Å². The molecule has 0 aliphatic heterocycles. The van der Waals surface area contributed by atoms with E-state index in [1.165, 1.54) is 5.56 Å². The lowest BCUT2D eigenvalue weighted by Crippen LogP contribution is -2.42. The summed E-state index contributed by atoms with van der Waals surface area (Å²) >= 11 is 3.41. The normalized spacial score (nSPS) is 13.3. The zero-order valence-electron chi connectivity index (χ0n) is 17.8. The van der Waals surface area contributed by atoms with Gasteiger partial charge in [-0.15, -0.1) is 0 Å². The minimum Gasteiger partial charge on any atom is -0.480 e. The Hall–Kier alpha value is -2.87. The van der Waals surface area contributed by atoms with Crippen molar-refractivity contribution in [2.24, 2.45) is 0 Å². The molecule has 0 amide bonds. The van der Waals surface area contributed by atoms with Gasteiger partial charge in [-0.3, -0.25) is 8.86 Å². The van der Waals surface area contributed by atoms with Crippen LogP contribution in [0.25, 0.3) is 21.9 Å². The molecule has 2 N–H and O–H groups in total. The highest BCUT2D eigenvalue weighted by molar-refractivity contribution is 7.80. The minimum atomic E-state index is -2.50. The Balaban J connectivity index is 1.48. The molecule has 0 aliphatic rings. The lowest BCUT2D eigenvalue weighted by Gasteiger charge is -2.27. The minimum absolute atomic E-state index is 0.256. The van der Waals surface area contributed by atoms with Crippen LogP contribution in [0, 0.1) is 0 Å². The quantitative estimate of drug-likeness (QED) is 0.199. The highest BCUT2D eigenvalue weighted by Crippen LogP contribution is 2.33. The summed E-state index contributed by atoms with van der Waals surface area (Å²) in [5.41, 5.74) is 2.88. The van der Waals surface area contributed by atoms with Crippen LogP contribution in [0.2, 0.25) is 5.02 Å². The van der Waals surface area contributed by atoms with Crippen LogP contribution in [-0.2, 0) is 22.5 Å². The molecule has 0 spiro atoms. The second kappa shape index (κ2) is 10.4. The first kappa shape index (κ1) is 23.3. The average molecular weight is 486 g/mol. The Labute approximate surface area is 199 Å². The molecule has 1 aromatic heterocycles. The summed E-state index contributed by atoms with van der Waals surface area (Å²) < 4.78 is 29.1. The molecule has 1 heterocycles. The van der Waals surface area contributed by atoms with E-state index in [1.807, 2.05) is 48.5 Å². The molecule has 4 rings (SSSR count). The number of carboxylic acids is 1. The molecular weight excluding hydrogens is 462 g/mol. The van der Waals surface area contributed by atoms with Crippen LogP contribution >= 0.6 is 11.6 Å². The van der Waals surface area contributed by atoms with Crippen molar-refractivity contribution < 1.29 is 23.1 Å². The summed E-state index contributed by atoms with van der Waals surface area (Å²) in [6, 6.07) is 19.1. The Morgan fingerprint density at radius 2 is 1.70 bits per heavy atom. The van der Waals surface area contributed by atoms with Gasteiger partial charge in [0.2, 0.25) is 0 Å². The number of rotatable bonds is 10. The molecule has 0 fully saturated rings. The second-order valence-corrected chi connectivity index (χ2v) is 9.21. The van der Waals surface area contributed by atoms with Gasteiger partial charge in [0.05, 0.1) is 5.69 Å². The molecule has 3 aromatic carbocycles. The maximum Gasteiger partial charge on any atom is 0.327 e. The van der Waals surface area contributed by atoms with E-state index in [4.69, 9.17) is 16.0 Å². The van der Waals surface area contributed by atoms with E-state index in [-0.39, 0.29) is 6.42 Å². The predicted octanol–water partition coefficient (Wildman–Crippen LogP) is 6.44. The van der Waals surface area contributed by atoms with Gasteiger partial charge in [-0.25, -0.2) is 9.00 Å². The molecular formula is C25H24ClNO5S. The molecule has 2 atom stereocenters. The number of furan rings is 1. The number of unbranched alkanes of at least 4 members (excludes halogenated alkanes) is 2. The van der Waals surface area contributed by atoms with E-state index >= 15 is 0 Å². The fraction of sp³-hybridized carbons (Fsp3) is 0.240. The third-order valence-corrected chi connectivity index (χ3v) is 6.76. The zero-order chi connectivity index (χ0) is 23.4. The Kier molecular flexibility index (Phi) is 7.33. The number of para-hydroxylation sites is 1. The number of hydrogen-bond donors (Lipinski definition) is 2. The SMILES string of the molecule is O=C(O)C(CCCCCc1ccc(Cl)cc1)N(c1ccc2oc3ccccc3c2c1)S(=O)O. The van der Waals surface area contributed by atoms with Crippen LogP contribution in [-0.4, -0.2) is 25.9 Å². The van der Waals surface area contributed by atoms with E-state index < -0.39 is 23.3 Å². The highest BCUT2D eigenvalue weighted by atomic mass is 35.5. The number of carbonyl (C=O) groups is 1. The fourth-order valence-corrected chi connectivity index (χ4v) is 4.90. The number of fused-ring (bicyclic) bond motifs is 3. The summed E-state index contributed by atoms with van der Waals surface area (Å²) in [5, 5.41) is 12.2. The molecule has 0 saturated heterocycles. The molecule has 6 nitrogen and oxygen atoms in total. The maximum atomic E-state index is 12.2. The summed E-state index contributed by atoms with van der Waals surface area (Å²) in [6.07, 6.45) is 3.45. The van der Waals surface area contributed by atoms with Gasteiger partial charge in [0.25, 0.3) is 11.3 Å². The molecule has 172 valence electrons. The van der Waals surface area contributed by atoms with Gasteiger partial charge in [-0.1, -0.05) is 54.8 Å². The Morgan fingerprint density at radius 1 is 0.970 bits per heavy atom. The number of aryl methyl sites for hydroxylation is 1. The highest BCUT2D eigenvalue weighted by Gasteiger charge is 2.30. The average Bonchev–Trinajstić information content (AvgIpc) is 3.17. The van der Waals surface area contributed by atoms with Gasteiger partial charge in [0.1, 0.15) is 17.2 Å². The summed E-state index contributed by atoms with van der Waals surface area (Å²) in [6.45, 7) is 0. The standard InChI is InChI=1S/C25H24ClNO5S/c26-18-12-10-17(11-13-18)6-2-1-3-8-22(25(28)29)27(33(30)31)19-14-15-24-21(16-19)20-7-4-5-9-23(20)32-24/h4-5,7,9-16,22H,1-3,6,8H2,(H,28,29)(H,30,31). The van der Waals surface area contributed by atoms with Gasteiger partial charge >= 0.3 is 5.97 Å². The maximum absolute atomic E-state index is 12.2. The number of aliphatic carboxylic acids is 1. The second-order valence-electron chi connectivity index (χ2n) is 7.92. The summed E-state index contributed by atoms with van der Waals surface area (Å²) in [4.78, 5) is 12.0. The first-order valence-electron chi connectivity index (χ1n) is 10.7. The molecule has 0 bridgehead atoms. The molecule has 33 heavy (non-hydrogen) atoms. The summed E-state index contributed by atoms with van der Waals surface area (Å²) in [5.74, 6) is -1.13. The first-order chi connectivity index (χ1) is 15.9. The number of hydrogen-bond acceptors (Lipinski definition) is 3. The van der Waals surface area contributed by atoms with E-state index in [9.17, 15) is 18.7 Å². The monoisotopic (exact) mass is 485 g/mol. The zero-order valence-corrected chi connectivity index (χ0v) is 19.4. The lowest BCUT2D eigenvalue weighted by molar-refractivity contribution is -0.138. The van der Waals surface area contributed by atoms with Crippen molar-refractivity contribution in [2.75, 3.05) is 4.31 Å². The molecule has 0 radical (unpaired) electrons. The molecule has 2 unspecified atom stereocenters. The third kappa shape index (κ3) is 5.38. The molecule has 0 aliphatic carbocycles. The molecule has 4 aromatic rings. The van der Waals surface area contributed by atoms with Crippen LogP contribution < -0.4 is 4.31 Å². The lowest BCUT2D eigenvalue weighted by atomic mass is 10.0. The molecule has 0 saturated carbocycles. The van der Waals surface area contributed by atoms with Crippen LogP contribution in [0.4, 0.5) is 5.69 Å². The Bertz CT molecular complexity index is 1290. The number of halogens is 1. The van der Waals surface area contributed by atoms with Gasteiger partial charge in [0.15, 0.2) is 0 Å². The largest absolute Gasteiger partial charge is 0.480 e. The summed E-state index contributed by atoms with van der Waals surface area (Å²) in [7, 11) is 0. The van der Waals surface area contributed by atoms with Crippen LogP contribution in [0.1, 0.15) is 31.2 Å². The van der Waals surface area contributed by atoms with Crippen molar-refractivity contribution in [2.45, 2.75) is 38.1 Å². The van der Waals surface area contributed by atoms with E-state index in [0.717, 1.165) is 34.3 Å². The van der Waals surface area contributed by atoms with Crippen LogP contribution in [0.15, 0.2) is 71.1 Å². The van der Waals surface area contributed by atoms with Crippen molar-refractivity contribution >= 4 is 56.5 Å². The number of benzene rings is 3. The van der Waals surface area contributed by atoms with Gasteiger partial charge in [-0.05, 0) is 61.2 Å². The number of carboxylic acid groups (broad SMARTS) is 1. The smallest absolute Gasteiger partial charge is 0.327 e. The van der Waals surface area contributed by atoms with E-state index in [0.29, 0.717) is 28.3 Å². The topological polar surface area (TPSA) is 91.0 Å². The fourth-order valence-electron chi connectivity index (χ4n) is 4.07. The van der Waals surface area contributed by atoms with Gasteiger partial charge in [0, 0.05) is 15.8 Å². The van der Waals surface area contributed by atoms with Crippen LogP contribution in [0.3, 0.4) is 0 Å². The number of anilines is 1. The van der Waals surface area contributed by atoms with Crippen molar-refractivity contribution in [3.63, 3.8) is 0 Å².